The number of rotatable bonds is 3. The molecule has 1 heterocycles. The lowest BCUT2D eigenvalue weighted by molar-refractivity contribution is -0.119. The highest BCUT2D eigenvalue weighted by molar-refractivity contribution is 5.95. The molecule has 0 aliphatic rings. The Hall–Kier alpha value is -2.07. The highest BCUT2D eigenvalue weighted by Crippen LogP contribution is 2.20. The van der Waals surface area contributed by atoms with Crippen molar-refractivity contribution in [2.45, 2.75) is 26.8 Å². The van der Waals surface area contributed by atoms with Crippen molar-refractivity contribution in [3.05, 3.63) is 48.8 Å². The zero-order chi connectivity index (χ0) is 14.8. The molecule has 1 unspecified atom stereocenters. The summed E-state index contributed by atoms with van der Waals surface area (Å²) in [6.07, 6.45) is 3.92. The number of carbonyl (C=O) groups excluding carboxylic acids is 1. The van der Waals surface area contributed by atoms with Gasteiger partial charge in [-0.1, -0.05) is 26.8 Å². The van der Waals surface area contributed by atoms with E-state index >= 15 is 0 Å². The molecule has 20 heavy (non-hydrogen) atoms. The van der Waals surface area contributed by atoms with Crippen LogP contribution in [-0.2, 0) is 4.79 Å². The molecule has 1 aromatic carbocycles. The lowest BCUT2D eigenvalue weighted by Crippen LogP contribution is -2.45. The van der Waals surface area contributed by atoms with Crippen LogP contribution < -0.4 is 11.1 Å². The van der Waals surface area contributed by atoms with Crippen LogP contribution in [0.4, 0.5) is 5.69 Å². The molecule has 0 aliphatic heterocycles. The van der Waals surface area contributed by atoms with Gasteiger partial charge in [-0.15, -0.1) is 0 Å². The molecule has 4 nitrogen and oxygen atoms in total. The monoisotopic (exact) mass is 271 g/mol. The van der Waals surface area contributed by atoms with Crippen molar-refractivity contribution in [1.29, 1.82) is 0 Å². The Balaban J connectivity index is 2.15. The lowest BCUT2D eigenvalue weighted by atomic mass is 9.87. The lowest BCUT2D eigenvalue weighted by Gasteiger charge is -2.25. The number of amides is 1. The van der Waals surface area contributed by atoms with E-state index in [1.165, 1.54) is 0 Å². The van der Waals surface area contributed by atoms with Crippen molar-refractivity contribution < 1.29 is 4.79 Å². The van der Waals surface area contributed by atoms with E-state index in [9.17, 15) is 4.79 Å². The second-order valence-corrected chi connectivity index (χ2v) is 5.97. The number of carbonyl (C=O) groups is 1. The molecule has 0 saturated carbocycles. The third-order valence-electron chi connectivity index (χ3n) is 3.23. The number of hydrogen-bond acceptors (Lipinski definition) is 2. The number of hydrogen-bond donors (Lipinski definition) is 2. The van der Waals surface area contributed by atoms with Gasteiger partial charge in [0, 0.05) is 23.8 Å². The average Bonchev–Trinajstić information content (AvgIpc) is 2.91. The Labute approximate surface area is 119 Å². The SMILES string of the molecule is CC(C)(C)C(N)C(=O)Nc1cccc(-n2cccc2)c1. The maximum atomic E-state index is 12.1. The Morgan fingerprint density at radius 2 is 1.85 bits per heavy atom. The minimum atomic E-state index is -0.544. The van der Waals surface area contributed by atoms with Crippen LogP contribution in [0.1, 0.15) is 20.8 Å². The minimum absolute atomic E-state index is 0.165. The molecule has 0 fully saturated rings. The number of anilines is 1. The molecular weight excluding hydrogens is 250 g/mol. The normalized spacial score (nSPS) is 13.0. The fourth-order valence-corrected chi connectivity index (χ4v) is 1.86. The molecule has 2 aromatic rings. The smallest absolute Gasteiger partial charge is 0.241 e. The minimum Gasteiger partial charge on any atom is -0.325 e. The highest BCUT2D eigenvalue weighted by atomic mass is 16.2. The molecule has 1 aromatic heterocycles. The molecule has 0 bridgehead atoms. The standard InChI is InChI=1S/C16H21N3O/c1-16(2,3)14(17)15(20)18-12-7-6-8-13(11-12)19-9-4-5-10-19/h4-11,14H,17H2,1-3H3,(H,18,20). The molecule has 1 amide bonds. The van der Waals surface area contributed by atoms with E-state index in [-0.39, 0.29) is 11.3 Å². The third-order valence-corrected chi connectivity index (χ3v) is 3.23. The number of aromatic nitrogens is 1. The van der Waals surface area contributed by atoms with E-state index in [0.717, 1.165) is 11.4 Å². The summed E-state index contributed by atoms with van der Waals surface area (Å²) in [7, 11) is 0. The van der Waals surface area contributed by atoms with Crippen LogP contribution in [0.15, 0.2) is 48.8 Å². The molecule has 3 N–H and O–H groups in total. The van der Waals surface area contributed by atoms with Gasteiger partial charge >= 0.3 is 0 Å². The first-order valence-corrected chi connectivity index (χ1v) is 6.68. The highest BCUT2D eigenvalue weighted by Gasteiger charge is 2.27. The first kappa shape index (κ1) is 14.3. The summed E-state index contributed by atoms with van der Waals surface area (Å²) in [5, 5.41) is 2.87. The second-order valence-electron chi connectivity index (χ2n) is 5.97. The number of benzene rings is 1. The van der Waals surface area contributed by atoms with Crippen LogP contribution in [-0.4, -0.2) is 16.5 Å². The topological polar surface area (TPSA) is 60.1 Å². The summed E-state index contributed by atoms with van der Waals surface area (Å²) >= 11 is 0. The predicted molar refractivity (Wildman–Crippen MR) is 81.8 cm³/mol. The van der Waals surface area contributed by atoms with E-state index < -0.39 is 6.04 Å². The first-order chi connectivity index (χ1) is 9.38. The Morgan fingerprint density at radius 3 is 2.45 bits per heavy atom. The summed E-state index contributed by atoms with van der Waals surface area (Å²) in [4.78, 5) is 12.1. The molecular formula is C16H21N3O. The summed E-state index contributed by atoms with van der Waals surface area (Å²) in [5.74, 6) is -0.165. The van der Waals surface area contributed by atoms with Gasteiger partial charge in [-0.25, -0.2) is 0 Å². The van der Waals surface area contributed by atoms with Gasteiger partial charge < -0.3 is 15.6 Å². The van der Waals surface area contributed by atoms with Crippen molar-refractivity contribution in [2.75, 3.05) is 5.32 Å². The summed E-state index contributed by atoms with van der Waals surface area (Å²) in [6, 6.07) is 11.1. The summed E-state index contributed by atoms with van der Waals surface area (Å²) < 4.78 is 1.99. The van der Waals surface area contributed by atoms with E-state index in [0.29, 0.717) is 0 Å². The maximum Gasteiger partial charge on any atom is 0.241 e. The van der Waals surface area contributed by atoms with Gasteiger partial charge in [0.2, 0.25) is 5.91 Å². The van der Waals surface area contributed by atoms with Crippen LogP contribution in [0, 0.1) is 5.41 Å². The van der Waals surface area contributed by atoms with Crippen molar-refractivity contribution in [3.8, 4) is 5.69 Å². The van der Waals surface area contributed by atoms with E-state index in [1.54, 1.807) is 0 Å². The fourth-order valence-electron chi connectivity index (χ4n) is 1.86. The fraction of sp³-hybridized carbons (Fsp3) is 0.312. The third kappa shape index (κ3) is 3.27. The molecule has 1 atom stereocenters. The van der Waals surface area contributed by atoms with Crippen molar-refractivity contribution >= 4 is 11.6 Å². The maximum absolute atomic E-state index is 12.1. The molecule has 2 rings (SSSR count). The van der Waals surface area contributed by atoms with Gasteiger partial charge in [-0.2, -0.15) is 0 Å². The number of nitrogens with two attached hydrogens (primary N) is 1. The van der Waals surface area contributed by atoms with E-state index in [1.807, 2.05) is 74.1 Å². The Bertz CT molecular complexity index is 582. The van der Waals surface area contributed by atoms with Gasteiger partial charge in [0.1, 0.15) is 0 Å². The largest absolute Gasteiger partial charge is 0.325 e. The molecule has 0 aliphatic carbocycles. The summed E-state index contributed by atoms with van der Waals surface area (Å²) in [6.45, 7) is 5.86. The van der Waals surface area contributed by atoms with Gasteiger partial charge in [-0.05, 0) is 35.7 Å². The van der Waals surface area contributed by atoms with Crippen molar-refractivity contribution in [2.24, 2.45) is 11.1 Å². The molecule has 106 valence electrons. The van der Waals surface area contributed by atoms with E-state index in [2.05, 4.69) is 5.32 Å². The number of nitrogens with zero attached hydrogens (tertiary/aromatic N) is 1. The van der Waals surface area contributed by atoms with Crippen molar-refractivity contribution in [3.63, 3.8) is 0 Å². The zero-order valence-electron chi connectivity index (χ0n) is 12.1. The molecule has 4 heteroatoms. The first-order valence-electron chi connectivity index (χ1n) is 6.68. The summed E-state index contributed by atoms with van der Waals surface area (Å²) in [5.41, 5.74) is 7.44. The molecule has 0 saturated heterocycles. The van der Waals surface area contributed by atoms with Gasteiger partial charge in [0.15, 0.2) is 0 Å². The predicted octanol–water partition coefficient (Wildman–Crippen LogP) is 2.79. The van der Waals surface area contributed by atoms with Crippen LogP contribution in [0.3, 0.4) is 0 Å². The Morgan fingerprint density at radius 1 is 1.20 bits per heavy atom. The van der Waals surface area contributed by atoms with E-state index in [4.69, 9.17) is 5.73 Å². The quantitative estimate of drug-likeness (QED) is 0.901. The zero-order valence-corrected chi connectivity index (χ0v) is 12.1. The van der Waals surface area contributed by atoms with Gasteiger partial charge in [0.25, 0.3) is 0 Å². The molecule has 0 spiro atoms. The van der Waals surface area contributed by atoms with Crippen LogP contribution in [0.25, 0.3) is 5.69 Å². The van der Waals surface area contributed by atoms with Crippen molar-refractivity contribution in [1.82, 2.24) is 4.57 Å². The van der Waals surface area contributed by atoms with Gasteiger partial charge in [0.05, 0.1) is 6.04 Å². The van der Waals surface area contributed by atoms with Crippen LogP contribution in [0.2, 0.25) is 0 Å². The second kappa shape index (κ2) is 5.51. The number of nitrogens with one attached hydrogen (secondary N) is 1. The van der Waals surface area contributed by atoms with Crippen LogP contribution >= 0.6 is 0 Å². The molecule has 0 radical (unpaired) electrons. The van der Waals surface area contributed by atoms with Gasteiger partial charge in [-0.3, -0.25) is 4.79 Å². The van der Waals surface area contributed by atoms with Crippen LogP contribution in [0.5, 0.6) is 0 Å². The Kier molecular flexibility index (Phi) is 3.95. The average molecular weight is 271 g/mol.